The van der Waals surface area contributed by atoms with Crippen molar-refractivity contribution in [3.8, 4) is 0 Å². The van der Waals surface area contributed by atoms with E-state index in [1.165, 1.54) is 25.7 Å². The van der Waals surface area contributed by atoms with Gasteiger partial charge >= 0.3 is 0 Å². The number of halogens is 2. The highest BCUT2D eigenvalue weighted by Crippen LogP contribution is 2.41. The fourth-order valence-corrected chi connectivity index (χ4v) is 3.71. The molecule has 1 spiro atoms. The van der Waals surface area contributed by atoms with E-state index in [2.05, 4.69) is 5.32 Å². The molecule has 2 aliphatic rings. The van der Waals surface area contributed by atoms with E-state index in [0.717, 1.165) is 25.1 Å². The lowest BCUT2D eigenvalue weighted by atomic mass is 9.89. The van der Waals surface area contributed by atoms with Gasteiger partial charge in [-0.25, -0.2) is 0 Å². The van der Waals surface area contributed by atoms with Gasteiger partial charge in [0.2, 0.25) is 0 Å². The lowest BCUT2D eigenvalue weighted by Crippen LogP contribution is -2.42. The van der Waals surface area contributed by atoms with Gasteiger partial charge in [-0.2, -0.15) is 0 Å². The van der Waals surface area contributed by atoms with E-state index in [-0.39, 0.29) is 5.60 Å². The van der Waals surface area contributed by atoms with Crippen LogP contribution in [0.5, 0.6) is 0 Å². The van der Waals surface area contributed by atoms with Crippen molar-refractivity contribution in [2.24, 2.45) is 0 Å². The normalized spacial score (nSPS) is 25.7. The second-order valence-corrected chi connectivity index (χ2v) is 6.46. The molecule has 1 saturated carbocycles. The number of anilines is 1. The molecule has 0 amide bonds. The Kier molecular flexibility index (Phi) is 3.93. The van der Waals surface area contributed by atoms with Crippen LogP contribution in [0.4, 0.5) is 5.69 Å². The van der Waals surface area contributed by atoms with Crippen molar-refractivity contribution in [2.45, 2.75) is 50.2 Å². The molecule has 0 radical (unpaired) electrons. The summed E-state index contributed by atoms with van der Waals surface area (Å²) in [7, 11) is 0. The van der Waals surface area contributed by atoms with Crippen molar-refractivity contribution in [1.29, 1.82) is 0 Å². The Hall–Kier alpha value is -0.440. The number of nitrogens with one attached hydrogen (secondary N) is 1. The minimum Gasteiger partial charge on any atom is -0.381 e. The third-order valence-corrected chi connectivity index (χ3v) is 5.14. The fourth-order valence-electron chi connectivity index (χ4n) is 3.35. The zero-order valence-corrected chi connectivity index (χ0v) is 12.4. The Morgan fingerprint density at radius 2 is 2.00 bits per heavy atom. The van der Waals surface area contributed by atoms with Gasteiger partial charge in [0.05, 0.1) is 21.3 Å². The molecule has 104 valence electrons. The van der Waals surface area contributed by atoms with Gasteiger partial charge in [0.1, 0.15) is 0 Å². The average molecular weight is 300 g/mol. The van der Waals surface area contributed by atoms with Crippen molar-refractivity contribution in [3.05, 3.63) is 28.2 Å². The van der Waals surface area contributed by atoms with Gasteiger partial charge in [-0.05, 0) is 37.8 Å². The van der Waals surface area contributed by atoms with Crippen LogP contribution in [0.15, 0.2) is 18.2 Å². The second kappa shape index (κ2) is 5.51. The van der Waals surface area contributed by atoms with Crippen LogP contribution in [-0.2, 0) is 4.74 Å². The highest BCUT2D eigenvalue weighted by Gasteiger charge is 2.39. The Balaban J connectivity index is 1.71. The van der Waals surface area contributed by atoms with Crippen molar-refractivity contribution in [3.63, 3.8) is 0 Å². The third-order valence-electron chi connectivity index (χ3n) is 4.32. The Bertz CT molecular complexity index is 457. The van der Waals surface area contributed by atoms with Crippen LogP contribution in [-0.4, -0.2) is 18.2 Å². The SMILES string of the molecule is Clc1cccc(NC2CCOC3(CCCC3)C2)c1Cl. The molecule has 1 atom stereocenters. The van der Waals surface area contributed by atoms with Gasteiger partial charge in [-0.3, -0.25) is 0 Å². The standard InChI is InChI=1S/C15H19Cl2NO/c16-12-4-3-5-13(14(12)17)18-11-6-9-19-15(10-11)7-1-2-8-15/h3-5,11,18H,1-2,6-10H2. The molecule has 1 aromatic carbocycles. The second-order valence-electron chi connectivity index (χ2n) is 5.67. The summed E-state index contributed by atoms with van der Waals surface area (Å²) >= 11 is 12.3. The number of benzene rings is 1. The zero-order chi connectivity index (χ0) is 13.3. The van der Waals surface area contributed by atoms with E-state index >= 15 is 0 Å². The van der Waals surface area contributed by atoms with Crippen LogP contribution in [0.2, 0.25) is 10.0 Å². The molecule has 1 aliphatic heterocycles. The quantitative estimate of drug-likeness (QED) is 0.839. The summed E-state index contributed by atoms with van der Waals surface area (Å²) in [5, 5.41) is 4.77. The van der Waals surface area contributed by atoms with Gasteiger partial charge in [0.25, 0.3) is 0 Å². The minimum absolute atomic E-state index is 0.126. The van der Waals surface area contributed by atoms with Crippen LogP contribution in [0.3, 0.4) is 0 Å². The molecule has 0 aromatic heterocycles. The number of rotatable bonds is 2. The first-order chi connectivity index (χ1) is 9.19. The summed E-state index contributed by atoms with van der Waals surface area (Å²) in [6, 6.07) is 6.17. The van der Waals surface area contributed by atoms with Gasteiger partial charge in [-0.15, -0.1) is 0 Å². The van der Waals surface area contributed by atoms with Crippen LogP contribution in [0, 0.1) is 0 Å². The topological polar surface area (TPSA) is 21.3 Å². The Morgan fingerprint density at radius 1 is 1.21 bits per heavy atom. The summed E-state index contributed by atoms with van der Waals surface area (Å²) < 4.78 is 6.05. The molecule has 1 saturated heterocycles. The van der Waals surface area contributed by atoms with Crippen LogP contribution >= 0.6 is 23.2 Å². The molecule has 1 N–H and O–H groups in total. The molecule has 2 fully saturated rings. The maximum atomic E-state index is 6.24. The van der Waals surface area contributed by atoms with E-state index in [1.807, 2.05) is 18.2 Å². The predicted molar refractivity (Wildman–Crippen MR) is 80.3 cm³/mol. The lowest BCUT2D eigenvalue weighted by molar-refractivity contribution is -0.0767. The molecule has 1 heterocycles. The van der Waals surface area contributed by atoms with Gasteiger partial charge in [0.15, 0.2) is 0 Å². The molecular formula is C15H19Cl2NO. The van der Waals surface area contributed by atoms with Gasteiger partial charge in [-0.1, -0.05) is 42.1 Å². The molecule has 2 nitrogen and oxygen atoms in total. The van der Waals surface area contributed by atoms with E-state index in [0.29, 0.717) is 16.1 Å². The number of hydrogen-bond acceptors (Lipinski definition) is 2. The molecule has 1 aliphatic carbocycles. The van der Waals surface area contributed by atoms with Crippen molar-refractivity contribution < 1.29 is 4.74 Å². The largest absolute Gasteiger partial charge is 0.381 e. The van der Waals surface area contributed by atoms with Crippen LogP contribution < -0.4 is 5.32 Å². The maximum absolute atomic E-state index is 6.24. The Morgan fingerprint density at radius 3 is 2.79 bits per heavy atom. The first kappa shape index (κ1) is 13.5. The fraction of sp³-hybridized carbons (Fsp3) is 0.600. The molecule has 0 bridgehead atoms. The predicted octanol–water partition coefficient (Wildman–Crippen LogP) is 4.90. The summed E-state index contributed by atoms with van der Waals surface area (Å²) in [4.78, 5) is 0. The van der Waals surface area contributed by atoms with Gasteiger partial charge in [0, 0.05) is 12.6 Å². The van der Waals surface area contributed by atoms with Gasteiger partial charge < -0.3 is 10.1 Å². The van der Waals surface area contributed by atoms with Crippen molar-refractivity contribution in [1.82, 2.24) is 0 Å². The number of hydrogen-bond donors (Lipinski definition) is 1. The molecule has 19 heavy (non-hydrogen) atoms. The molecule has 4 heteroatoms. The molecule has 1 aromatic rings. The molecule has 3 rings (SSSR count). The van der Waals surface area contributed by atoms with Crippen LogP contribution in [0.25, 0.3) is 0 Å². The van der Waals surface area contributed by atoms with E-state index in [9.17, 15) is 0 Å². The smallest absolute Gasteiger partial charge is 0.0823 e. The average Bonchev–Trinajstić information content (AvgIpc) is 2.83. The van der Waals surface area contributed by atoms with Crippen LogP contribution in [0.1, 0.15) is 38.5 Å². The molecular weight excluding hydrogens is 281 g/mol. The van der Waals surface area contributed by atoms with E-state index in [4.69, 9.17) is 27.9 Å². The summed E-state index contributed by atoms with van der Waals surface area (Å²) in [5.41, 5.74) is 1.07. The van der Waals surface area contributed by atoms with Crippen molar-refractivity contribution >= 4 is 28.9 Å². The zero-order valence-electron chi connectivity index (χ0n) is 10.9. The summed E-state index contributed by atoms with van der Waals surface area (Å²) in [6.07, 6.45) is 7.11. The lowest BCUT2D eigenvalue weighted by Gasteiger charge is -2.39. The molecule has 1 unspecified atom stereocenters. The summed E-state index contributed by atoms with van der Waals surface area (Å²) in [6.45, 7) is 0.843. The van der Waals surface area contributed by atoms with Crippen molar-refractivity contribution in [2.75, 3.05) is 11.9 Å². The highest BCUT2D eigenvalue weighted by molar-refractivity contribution is 6.43. The maximum Gasteiger partial charge on any atom is 0.0823 e. The first-order valence-electron chi connectivity index (χ1n) is 7.03. The highest BCUT2D eigenvalue weighted by atomic mass is 35.5. The third kappa shape index (κ3) is 2.86. The Labute approximate surface area is 124 Å². The van der Waals surface area contributed by atoms with E-state index in [1.54, 1.807) is 0 Å². The first-order valence-corrected chi connectivity index (χ1v) is 7.79. The monoisotopic (exact) mass is 299 g/mol. The van der Waals surface area contributed by atoms with E-state index < -0.39 is 0 Å². The number of ether oxygens (including phenoxy) is 1. The summed E-state index contributed by atoms with van der Waals surface area (Å²) in [5.74, 6) is 0. The minimum atomic E-state index is 0.126.